The molecule has 0 aliphatic rings. The summed E-state index contributed by atoms with van der Waals surface area (Å²) in [4.78, 5) is 4.66. The molecule has 0 saturated heterocycles. The number of nitrogens with one attached hydrogen (secondary N) is 1. The van der Waals surface area contributed by atoms with E-state index in [0.29, 0.717) is 0 Å². The molecule has 0 saturated carbocycles. The molecule has 1 aromatic carbocycles. The van der Waals surface area contributed by atoms with Crippen LogP contribution in [0.2, 0.25) is 0 Å². The van der Waals surface area contributed by atoms with Crippen molar-refractivity contribution in [1.29, 1.82) is 0 Å². The van der Waals surface area contributed by atoms with Crippen LogP contribution in [-0.4, -0.2) is 11.5 Å². The van der Waals surface area contributed by atoms with Gasteiger partial charge in [-0.05, 0) is 55.5 Å². The smallest absolute Gasteiger partial charge is 0.0605 e. The van der Waals surface area contributed by atoms with Gasteiger partial charge in [-0.1, -0.05) is 44.2 Å². The summed E-state index contributed by atoms with van der Waals surface area (Å²) in [7, 11) is 0. The summed E-state index contributed by atoms with van der Waals surface area (Å²) in [5.41, 5.74) is 6.41. The minimum atomic E-state index is 0.281. The summed E-state index contributed by atoms with van der Waals surface area (Å²) in [6, 6.07) is 11.4. The molecule has 1 aromatic heterocycles. The van der Waals surface area contributed by atoms with Crippen molar-refractivity contribution in [3.8, 4) is 0 Å². The lowest BCUT2D eigenvalue weighted by molar-refractivity contribution is 0.533. The number of benzene rings is 1. The maximum absolute atomic E-state index is 4.66. The van der Waals surface area contributed by atoms with E-state index < -0.39 is 0 Å². The Labute approximate surface area is 128 Å². The minimum absolute atomic E-state index is 0.281. The molecular formula is C19H26N2. The topological polar surface area (TPSA) is 24.9 Å². The first kappa shape index (κ1) is 15.7. The van der Waals surface area contributed by atoms with Crippen LogP contribution in [0.15, 0.2) is 36.5 Å². The van der Waals surface area contributed by atoms with Gasteiger partial charge in [-0.25, -0.2) is 0 Å². The summed E-state index contributed by atoms with van der Waals surface area (Å²) < 4.78 is 0. The Morgan fingerprint density at radius 3 is 2.29 bits per heavy atom. The Balaban J connectivity index is 2.21. The van der Waals surface area contributed by atoms with Crippen LogP contribution in [0, 0.1) is 13.8 Å². The first-order chi connectivity index (χ1) is 10.1. The zero-order chi connectivity index (χ0) is 15.2. The van der Waals surface area contributed by atoms with Crippen molar-refractivity contribution >= 4 is 0 Å². The van der Waals surface area contributed by atoms with E-state index in [1.807, 2.05) is 6.20 Å². The number of likely N-dealkylation sites (N-methyl/N-ethyl adjacent to an activating group) is 1. The van der Waals surface area contributed by atoms with E-state index in [1.54, 1.807) is 0 Å². The molecular weight excluding hydrogens is 256 g/mol. The number of pyridine rings is 1. The number of rotatable bonds is 6. The first-order valence-electron chi connectivity index (χ1n) is 7.88. The Morgan fingerprint density at radius 2 is 1.71 bits per heavy atom. The van der Waals surface area contributed by atoms with E-state index >= 15 is 0 Å². The van der Waals surface area contributed by atoms with Crippen LogP contribution < -0.4 is 5.32 Å². The molecule has 2 nitrogen and oxygen atoms in total. The van der Waals surface area contributed by atoms with Crippen LogP contribution in [0.1, 0.15) is 47.8 Å². The predicted octanol–water partition coefficient (Wildman–Crippen LogP) is 4.15. The summed E-state index contributed by atoms with van der Waals surface area (Å²) in [5, 5.41) is 3.57. The molecule has 0 aliphatic carbocycles. The van der Waals surface area contributed by atoms with Gasteiger partial charge in [0.25, 0.3) is 0 Å². The van der Waals surface area contributed by atoms with Crippen LogP contribution in [0.3, 0.4) is 0 Å². The van der Waals surface area contributed by atoms with Gasteiger partial charge < -0.3 is 5.32 Å². The fourth-order valence-corrected chi connectivity index (χ4v) is 2.75. The summed E-state index contributed by atoms with van der Waals surface area (Å²) in [5.74, 6) is 0. The fourth-order valence-electron chi connectivity index (χ4n) is 2.75. The number of hydrogen-bond donors (Lipinski definition) is 1. The van der Waals surface area contributed by atoms with Gasteiger partial charge in [-0.3, -0.25) is 4.98 Å². The molecule has 1 atom stereocenters. The zero-order valence-electron chi connectivity index (χ0n) is 13.6. The molecule has 2 aromatic rings. The Kier molecular flexibility index (Phi) is 5.51. The largest absolute Gasteiger partial charge is 0.309 e. The van der Waals surface area contributed by atoms with Gasteiger partial charge in [0.05, 0.1) is 11.7 Å². The number of aryl methyl sites for hydroxylation is 3. The molecule has 0 radical (unpaired) electrons. The second-order valence-corrected chi connectivity index (χ2v) is 5.70. The molecule has 0 spiro atoms. The quantitative estimate of drug-likeness (QED) is 0.860. The van der Waals surface area contributed by atoms with Gasteiger partial charge in [0, 0.05) is 6.20 Å². The predicted molar refractivity (Wildman–Crippen MR) is 89.7 cm³/mol. The van der Waals surface area contributed by atoms with Gasteiger partial charge in [0.2, 0.25) is 0 Å². The lowest BCUT2D eigenvalue weighted by atomic mass is 9.98. The van der Waals surface area contributed by atoms with Gasteiger partial charge >= 0.3 is 0 Å². The zero-order valence-corrected chi connectivity index (χ0v) is 13.6. The molecule has 21 heavy (non-hydrogen) atoms. The van der Waals surface area contributed by atoms with Crippen molar-refractivity contribution in [2.24, 2.45) is 0 Å². The molecule has 1 N–H and O–H groups in total. The highest BCUT2D eigenvalue weighted by atomic mass is 14.9. The lowest BCUT2D eigenvalue weighted by Gasteiger charge is -2.20. The van der Waals surface area contributed by atoms with Gasteiger partial charge in [0.1, 0.15) is 0 Å². The molecule has 0 amide bonds. The molecule has 1 unspecified atom stereocenters. The molecule has 1 heterocycles. The standard InChI is InChI=1S/C19H26N2/c1-5-16-7-9-17(10-8-16)12-18(20-6-2)19-15(4)11-14(3)13-21-19/h7-11,13,18,20H,5-6,12H2,1-4H3. The van der Waals surface area contributed by atoms with E-state index in [4.69, 9.17) is 0 Å². The maximum Gasteiger partial charge on any atom is 0.0605 e. The van der Waals surface area contributed by atoms with Crippen LogP contribution in [-0.2, 0) is 12.8 Å². The van der Waals surface area contributed by atoms with Gasteiger partial charge in [-0.2, -0.15) is 0 Å². The Morgan fingerprint density at radius 1 is 1.05 bits per heavy atom. The number of hydrogen-bond acceptors (Lipinski definition) is 2. The van der Waals surface area contributed by atoms with Crippen molar-refractivity contribution in [3.05, 3.63) is 64.5 Å². The first-order valence-corrected chi connectivity index (χ1v) is 7.88. The molecule has 0 aliphatic heterocycles. The van der Waals surface area contributed by atoms with Crippen molar-refractivity contribution in [1.82, 2.24) is 10.3 Å². The Bertz CT molecular complexity index is 573. The lowest BCUT2D eigenvalue weighted by Crippen LogP contribution is -2.24. The van der Waals surface area contributed by atoms with Crippen LogP contribution in [0.5, 0.6) is 0 Å². The second kappa shape index (κ2) is 7.37. The molecule has 2 heteroatoms. The maximum atomic E-state index is 4.66. The SMILES string of the molecule is CCNC(Cc1ccc(CC)cc1)c1ncc(C)cc1C. The van der Waals surface area contributed by atoms with E-state index in [-0.39, 0.29) is 6.04 Å². The van der Waals surface area contributed by atoms with Crippen molar-refractivity contribution in [3.63, 3.8) is 0 Å². The fraction of sp³-hybridized carbons (Fsp3) is 0.421. The Hall–Kier alpha value is -1.67. The van der Waals surface area contributed by atoms with Crippen LogP contribution in [0.25, 0.3) is 0 Å². The average molecular weight is 282 g/mol. The summed E-state index contributed by atoms with van der Waals surface area (Å²) >= 11 is 0. The summed E-state index contributed by atoms with van der Waals surface area (Å²) in [6.45, 7) is 9.54. The highest BCUT2D eigenvalue weighted by Gasteiger charge is 2.15. The molecule has 0 fully saturated rings. The highest BCUT2D eigenvalue weighted by molar-refractivity contribution is 5.29. The minimum Gasteiger partial charge on any atom is -0.309 e. The molecule has 0 bridgehead atoms. The third kappa shape index (κ3) is 4.15. The monoisotopic (exact) mass is 282 g/mol. The average Bonchev–Trinajstić information content (AvgIpc) is 2.48. The van der Waals surface area contributed by atoms with E-state index in [0.717, 1.165) is 19.4 Å². The summed E-state index contributed by atoms with van der Waals surface area (Å²) in [6.07, 6.45) is 4.04. The van der Waals surface area contributed by atoms with E-state index in [1.165, 1.54) is 27.9 Å². The molecule has 2 rings (SSSR count). The second-order valence-electron chi connectivity index (χ2n) is 5.70. The normalized spacial score (nSPS) is 12.4. The van der Waals surface area contributed by atoms with Gasteiger partial charge in [0.15, 0.2) is 0 Å². The van der Waals surface area contributed by atoms with Crippen molar-refractivity contribution in [2.75, 3.05) is 6.54 Å². The van der Waals surface area contributed by atoms with Crippen molar-refractivity contribution in [2.45, 2.75) is 46.6 Å². The molecule has 112 valence electrons. The number of nitrogens with zero attached hydrogens (tertiary/aromatic N) is 1. The van der Waals surface area contributed by atoms with Crippen LogP contribution >= 0.6 is 0 Å². The van der Waals surface area contributed by atoms with E-state index in [9.17, 15) is 0 Å². The highest BCUT2D eigenvalue weighted by Crippen LogP contribution is 2.21. The van der Waals surface area contributed by atoms with Crippen molar-refractivity contribution < 1.29 is 0 Å². The number of aromatic nitrogens is 1. The third-order valence-electron chi connectivity index (χ3n) is 3.91. The third-order valence-corrected chi connectivity index (χ3v) is 3.91. The van der Waals surface area contributed by atoms with Crippen LogP contribution in [0.4, 0.5) is 0 Å². The van der Waals surface area contributed by atoms with Gasteiger partial charge in [-0.15, -0.1) is 0 Å². The van der Waals surface area contributed by atoms with E-state index in [2.05, 4.69) is 68.3 Å².